The Morgan fingerprint density at radius 2 is 1.97 bits per heavy atom. The van der Waals surface area contributed by atoms with Gasteiger partial charge in [0.25, 0.3) is 5.91 Å². The molecule has 0 bridgehead atoms. The number of carbonyl (C=O) groups is 2. The van der Waals surface area contributed by atoms with Crippen molar-refractivity contribution in [1.82, 2.24) is 9.88 Å². The molecule has 0 aliphatic carbocycles. The highest BCUT2D eigenvalue weighted by atomic mass is 16.5. The van der Waals surface area contributed by atoms with E-state index in [9.17, 15) is 9.59 Å². The third-order valence-electron chi connectivity index (χ3n) is 6.41. The van der Waals surface area contributed by atoms with Crippen LogP contribution in [0.25, 0.3) is 0 Å². The Morgan fingerprint density at radius 1 is 1.12 bits per heavy atom. The summed E-state index contributed by atoms with van der Waals surface area (Å²) in [6.07, 6.45) is 8.89. The number of fused-ring (bicyclic) bond motifs is 1. The van der Waals surface area contributed by atoms with Gasteiger partial charge in [-0.3, -0.25) is 14.6 Å². The van der Waals surface area contributed by atoms with E-state index >= 15 is 0 Å². The maximum absolute atomic E-state index is 12.8. The molecular weight excluding hydrogens is 406 g/mol. The molecule has 7 heteroatoms. The Labute approximate surface area is 186 Å². The molecule has 1 aromatic carbocycles. The number of anilines is 1. The van der Waals surface area contributed by atoms with Crippen molar-refractivity contribution in [2.75, 3.05) is 18.4 Å². The van der Waals surface area contributed by atoms with Gasteiger partial charge in [-0.1, -0.05) is 18.2 Å². The number of para-hydroxylation sites is 1. The summed E-state index contributed by atoms with van der Waals surface area (Å²) in [4.78, 5) is 31.4. The largest absolute Gasteiger partial charge is 0.487 e. The van der Waals surface area contributed by atoms with Gasteiger partial charge in [0.15, 0.2) is 0 Å². The fourth-order valence-corrected chi connectivity index (χ4v) is 4.79. The van der Waals surface area contributed by atoms with Crippen LogP contribution in [0, 0.1) is 0 Å². The molecule has 1 saturated heterocycles. The number of amides is 2. The van der Waals surface area contributed by atoms with E-state index < -0.39 is 0 Å². The maximum atomic E-state index is 12.8. The number of aromatic nitrogens is 1. The van der Waals surface area contributed by atoms with Crippen LogP contribution in [-0.2, 0) is 4.79 Å². The second-order valence-corrected chi connectivity index (χ2v) is 8.52. The molecule has 0 saturated carbocycles. The molecule has 1 fully saturated rings. The third-order valence-corrected chi connectivity index (χ3v) is 6.41. The Bertz CT molecular complexity index is 1090. The Kier molecular flexibility index (Phi) is 5.39. The first-order valence-electron chi connectivity index (χ1n) is 10.9. The number of rotatable bonds is 4. The summed E-state index contributed by atoms with van der Waals surface area (Å²) in [6, 6.07) is 13.3. The SMILES string of the molecule is O=C(CC1CC2(CCN(C(=O)c3ccoc3)CC2)Oc2ccccc21)Nc1cccnc1. The average Bonchev–Trinajstić information content (AvgIpc) is 3.35. The zero-order valence-corrected chi connectivity index (χ0v) is 17.7. The Hall–Kier alpha value is -3.61. The maximum Gasteiger partial charge on any atom is 0.257 e. The highest BCUT2D eigenvalue weighted by Crippen LogP contribution is 2.46. The van der Waals surface area contributed by atoms with E-state index in [1.165, 1.54) is 12.5 Å². The first kappa shape index (κ1) is 20.3. The average molecular weight is 431 g/mol. The quantitative estimate of drug-likeness (QED) is 0.668. The summed E-state index contributed by atoms with van der Waals surface area (Å²) in [5.74, 6) is 0.833. The number of hydrogen-bond acceptors (Lipinski definition) is 5. The summed E-state index contributed by atoms with van der Waals surface area (Å²) in [6.45, 7) is 1.22. The predicted octanol–water partition coefficient (Wildman–Crippen LogP) is 4.24. The van der Waals surface area contributed by atoms with E-state index in [1.807, 2.05) is 35.2 Å². The van der Waals surface area contributed by atoms with Crippen LogP contribution in [0.1, 0.15) is 47.5 Å². The lowest BCUT2D eigenvalue weighted by Gasteiger charge is -2.46. The molecule has 1 N–H and O–H groups in total. The number of piperidine rings is 1. The van der Waals surface area contributed by atoms with Gasteiger partial charge in [-0.2, -0.15) is 0 Å². The molecule has 2 aromatic heterocycles. The minimum atomic E-state index is -0.374. The van der Waals surface area contributed by atoms with Crippen molar-refractivity contribution in [3.05, 3.63) is 78.5 Å². The van der Waals surface area contributed by atoms with E-state index in [0.717, 1.165) is 30.6 Å². The molecule has 7 nitrogen and oxygen atoms in total. The van der Waals surface area contributed by atoms with Gasteiger partial charge in [0, 0.05) is 44.5 Å². The zero-order valence-electron chi connectivity index (χ0n) is 17.7. The second kappa shape index (κ2) is 8.49. The van der Waals surface area contributed by atoms with E-state index in [2.05, 4.69) is 10.3 Å². The molecule has 2 aliphatic rings. The van der Waals surface area contributed by atoms with Crippen LogP contribution in [0.2, 0.25) is 0 Å². The van der Waals surface area contributed by atoms with Gasteiger partial charge in [0.2, 0.25) is 5.91 Å². The molecule has 1 unspecified atom stereocenters. The van der Waals surface area contributed by atoms with Gasteiger partial charge < -0.3 is 19.4 Å². The van der Waals surface area contributed by atoms with Crippen LogP contribution < -0.4 is 10.1 Å². The highest BCUT2D eigenvalue weighted by molar-refractivity contribution is 5.94. The van der Waals surface area contributed by atoms with Crippen LogP contribution in [0.15, 0.2) is 71.8 Å². The fourth-order valence-electron chi connectivity index (χ4n) is 4.79. The van der Waals surface area contributed by atoms with Crippen LogP contribution in [0.3, 0.4) is 0 Å². The van der Waals surface area contributed by atoms with E-state index in [4.69, 9.17) is 9.15 Å². The molecule has 2 amide bonds. The van der Waals surface area contributed by atoms with E-state index in [1.54, 1.807) is 24.5 Å². The minimum Gasteiger partial charge on any atom is -0.487 e. The molecule has 0 radical (unpaired) electrons. The minimum absolute atomic E-state index is 0.0165. The van der Waals surface area contributed by atoms with Crippen LogP contribution in [-0.4, -0.2) is 40.4 Å². The van der Waals surface area contributed by atoms with Gasteiger partial charge in [-0.25, -0.2) is 0 Å². The third kappa shape index (κ3) is 4.10. The van der Waals surface area contributed by atoms with Crippen molar-refractivity contribution in [3.8, 4) is 5.75 Å². The number of ether oxygens (including phenoxy) is 1. The molecule has 3 aromatic rings. The standard InChI is InChI=1S/C25H25N3O4/c29-23(27-20-4-3-10-26-16-20)14-19-15-25(32-22-6-2-1-5-21(19)22)8-11-28(12-9-25)24(30)18-7-13-31-17-18/h1-7,10,13,16-17,19H,8-9,11-12,14-15H2,(H,27,29). The monoisotopic (exact) mass is 431 g/mol. The van der Waals surface area contributed by atoms with Crippen LogP contribution >= 0.6 is 0 Å². The van der Waals surface area contributed by atoms with Crippen molar-refractivity contribution in [2.45, 2.75) is 37.2 Å². The van der Waals surface area contributed by atoms with Crippen molar-refractivity contribution in [3.63, 3.8) is 0 Å². The summed E-state index contributed by atoms with van der Waals surface area (Å²) < 4.78 is 11.6. The molecule has 2 aliphatic heterocycles. The van der Waals surface area contributed by atoms with Gasteiger partial charge >= 0.3 is 0 Å². The number of carbonyl (C=O) groups excluding carboxylic acids is 2. The lowest BCUT2D eigenvalue weighted by molar-refractivity contribution is -0.117. The first-order valence-corrected chi connectivity index (χ1v) is 10.9. The zero-order chi connectivity index (χ0) is 22.0. The molecule has 164 valence electrons. The van der Waals surface area contributed by atoms with Crippen LogP contribution in [0.5, 0.6) is 5.75 Å². The molecular formula is C25H25N3O4. The molecule has 5 rings (SSSR count). The number of nitrogens with one attached hydrogen (secondary N) is 1. The number of furan rings is 1. The normalized spacial score (nSPS) is 19.1. The van der Waals surface area contributed by atoms with E-state index in [-0.39, 0.29) is 23.3 Å². The van der Waals surface area contributed by atoms with Crippen molar-refractivity contribution < 1.29 is 18.7 Å². The van der Waals surface area contributed by atoms with Crippen molar-refractivity contribution in [1.29, 1.82) is 0 Å². The number of benzene rings is 1. The number of nitrogens with zero attached hydrogens (tertiary/aromatic N) is 2. The van der Waals surface area contributed by atoms with Gasteiger partial charge in [-0.05, 0) is 36.2 Å². The van der Waals surface area contributed by atoms with Gasteiger partial charge in [0.1, 0.15) is 17.6 Å². The highest BCUT2D eigenvalue weighted by Gasteiger charge is 2.44. The lowest BCUT2D eigenvalue weighted by Crippen LogP contribution is -2.52. The smallest absolute Gasteiger partial charge is 0.257 e. The lowest BCUT2D eigenvalue weighted by atomic mass is 9.76. The predicted molar refractivity (Wildman–Crippen MR) is 118 cm³/mol. The summed E-state index contributed by atoms with van der Waals surface area (Å²) >= 11 is 0. The fraction of sp³-hybridized carbons (Fsp3) is 0.320. The van der Waals surface area contributed by atoms with Gasteiger partial charge in [0.05, 0.1) is 23.7 Å². The van der Waals surface area contributed by atoms with Gasteiger partial charge in [-0.15, -0.1) is 0 Å². The number of hydrogen-bond donors (Lipinski definition) is 1. The topological polar surface area (TPSA) is 84.7 Å². The second-order valence-electron chi connectivity index (χ2n) is 8.52. The van der Waals surface area contributed by atoms with Crippen molar-refractivity contribution >= 4 is 17.5 Å². The molecule has 4 heterocycles. The van der Waals surface area contributed by atoms with E-state index in [0.29, 0.717) is 30.8 Å². The van der Waals surface area contributed by atoms with Crippen molar-refractivity contribution in [2.24, 2.45) is 0 Å². The van der Waals surface area contributed by atoms with Crippen LogP contribution in [0.4, 0.5) is 5.69 Å². The first-order chi connectivity index (χ1) is 15.6. The summed E-state index contributed by atoms with van der Waals surface area (Å²) in [5.41, 5.74) is 1.96. The summed E-state index contributed by atoms with van der Waals surface area (Å²) in [7, 11) is 0. The molecule has 1 spiro atoms. The number of likely N-dealkylation sites (tertiary alicyclic amines) is 1. The Balaban J connectivity index is 1.30. The molecule has 1 atom stereocenters. The summed E-state index contributed by atoms with van der Waals surface area (Å²) in [5, 5.41) is 2.94. The Morgan fingerprint density at radius 3 is 2.72 bits per heavy atom. The molecule has 32 heavy (non-hydrogen) atoms. The number of pyridine rings is 1.